The van der Waals surface area contributed by atoms with Crippen molar-refractivity contribution in [2.75, 3.05) is 46.4 Å². The average molecular weight is 459 g/mol. The lowest BCUT2D eigenvalue weighted by Crippen LogP contribution is -2.48. The summed E-state index contributed by atoms with van der Waals surface area (Å²) in [6.45, 7) is 4.20. The van der Waals surface area contributed by atoms with Crippen molar-refractivity contribution < 1.29 is 23.5 Å². The van der Waals surface area contributed by atoms with Crippen LogP contribution in [-0.2, 0) is 22.6 Å². The molecule has 2 amide bonds. The fourth-order valence-electron chi connectivity index (χ4n) is 4.17. The summed E-state index contributed by atoms with van der Waals surface area (Å²) in [6, 6.07) is 4.88. The first kappa shape index (κ1) is 23.1. The van der Waals surface area contributed by atoms with Crippen LogP contribution in [0.1, 0.15) is 29.1 Å². The topological polar surface area (TPSA) is 106 Å². The van der Waals surface area contributed by atoms with E-state index in [2.05, 4.69) is 10.2 Å². The summed E-state index contributed by atoms with van der Waals surface area (Å²) in [5.74, 6) is 0.260. The van der Waals surface area contributed by atoms with Crippen molar-refractivity contribution in [3.63, 3.8) is 0 Å². The second-order valence-electron chi connectivity index (χ2n) is 8.31. The smallest absolute Gasteiger partial charge is 0.289 e. The number of nitrogens with zero attached hydrogens (tertiary/aromatic N) is 3. The number of piperazine rings is 1. The number of carbonyl (C=O) groups excluding carboxylic acids is 2. The summed E-state index contributed by atoms with van der Waals surface area (Å²) in [5.41, 5.74) is 0.494. The highest BCUT2D eigenvalue weighted by Crippen LogP contribution is 2.14. The third-order valence-corrected chi connectivity index (χ3v) is 6.04. The minimum Gasteiger partial charge on any atom is -0.491 e. The molecule has 4 rings (SSSR count). The van der Waals surface area contributed by atoms with Crippen LogP contribution < -0.4 is 15.5 Å². The van der Waals surface area contributed by atoms with E-state index in [1.54, 1.807) is 27.8 Å². The zero-order valence-corrected chi connectivity index (χ0v) is 18.8. The van der Waals surface area contributed by atoms with Gasteiger partial charge in [-0.15, -0.1) is 0 Å². The Balaban J connectivity index is 1.38. The summed E-state index contributed by atoms with van der Waals surface area (Å²) in [6.07, 6.45) is 5.11. The molecule has 0 radical (unpaired) electrons. The van der Waals surface area contributed by atoms with Crippen LogP contribution in [0, 0.1) is 0 Å². The molecule has 0 aromatic carbocycles. The van der Waals surface area contributed by atoms with Crippen molar-refractivity contribution in [1.82, 2.24) is 19.7 Å². The molecular weight excluding hydrogens is 428 g/mol. The van der Waals surface area contributed by atoms with Gasteiger partial charge in [0, 0.05) is 57.6 Å². The second-order valence-corrected chi connectivity index (χ2v) is 8.31. The largest absolute Gasteiger partial charge is 0.491 e. The highest BCUT2D eigenvalue weighted by molar-refractivity contribution is 5.91. The average Bonchev–Trinajstić information content (AvgIpc) is 3.54. The van der Waals surface area contributed by atoms with Gasteiger partial charge in [0.2, 0.25) is 11.3 Å². The van der Waals surface area contributed by atoms with Crippen molar-refractivity contribution in [2.24, 2.45) is 0 Å². The van der Waals surface area contributed by atoms with E-state index in [1.165, 1.54) is 19.4 Å². The third kappa shape index (κ3) is 5.82. The van der Waals surface area contributed by atoms with Gasteiger partial charge in [0.15, 0.2) is 11.5 Å². The summed E-state index contributed by atoms with van der Waals surface area (Å²) >= 11 is 0. The van der Waals surface area contributed by atoms with E-state index in [1.807, 2.05) is 0 Å². The number of nitrogens with one attached hydrogen (secondary N) is 1. The predicted octanol–water partition coefficient (Wildman–Crippen LogP) is 0.703. The van der Waals surface area contributed by atoms with Crippen LogP contribution >= 0.6 is 0 Å². The van der Waals surface area contributed by atoms with Gasteiger partial charge in [-0.25, -0.2) is 0 Å². The first-order valence-corrected chi connectivity index (χ1v) is 11.2. The molecule has 2 aromatic rings. The number of hydrogen-bond donors (Lipinski definition) is 1. The van der Waals surface area contributed by atoms with E-state index in [9.17, 15) is 14.4 Å². The van der Waals surface area contributed by atoms with E-state index in [0.29, 0.717) is 45.0 Å². The molecule has 2 aliphatic heterocycles. The Bertz CT molecular complexity index is 1000. The fraction of sp³-hybridized carbons (Fsp3) is 0.522. The lowest BCUT2D eigenvalue weighted by molar-refractivity contribution is -0.122. The van der Waals surface area contributed by atoms with Crippen LogP contribution in [-0.4, -0.2) is 78.7 Å². The fourth-order valence-corrected chi connectivity index (χ4v) is 4.17. The number of rotatable bonds is 8. The molecule has 10 heteroatoms. The predicted molar refractivity (Wildman–Crippen MR) is 119 cm³/mol. The molecule has 2 fully saturated rings. The van der Waals surface area contributed by atoms with Gasteiger partial charge >= 0.3 is 0 Å². The molecule has 0 saturated carbocycles. The van der Waals surface area contributed by atoms with Crippen molar-refractivity contribution in [1.29, 1.82) is 0 Å². The Morgan fingerprint density at radius 1 is 1.24 bits per heavy atom. The van der Waals surface area contributed by atoms with Gasteiger partial charge in [0.1, 0.15) is 6.54 Å². The van der Waals surface area contributed by atoms with E-state index >= 15 is 0 Å². The quantitative estimate of drug-likeness (QED) is 0.621. The molecule has 10 nitrogen and oxygen atoms in total. The minimum atomic E-state index is -0.227. The maximum atomic E-state index is 12.6. The van der Waals surface area contributed by atoms with Crippen LogP contribution in [0.15, 0.2) is 39.9 Å². The third-order valence-electron chi connectivity index (χ3n) is 6.04. The normalized spacial score (nSPS) is 18.9. The molecule has 2 saturated heterocycles. The summed E-state index contributed by atoms with van der Waals surface area (Å²) < 4.78 is 17.7. The zero-order valence-electron chi connectivity index (χ0n) is 18.8. The standard InChI is InChI=1S/C23H30N4O6/c1-31-21-15-27(16-22(29)24-13-18-4-2-10-32-18)17(12-19(21)28)14-25-6-8-26(9-7-25)23(30)20-5-3-11-33-20/h3,5,11-12,15,18H,2,4,6-10,13-14,16H2,1H3,(H,24,29)/t18-/m1/s1. The number of carbonyl (C=O) groups is 2. The summed E-state index contributed by atoms with van der Waals surface area (Å²) in [4.78, 5) is 41.3. The van der Waals surface area contributed by atoms with E-state index in [-0.39, 0.29) is 35.6 Å². The molecule has 2 aliphatic rings. The van der Waals surface area contributed by atoms with Gasteiger partial charge < -0.3 is 28.7 Å². The molecule has 0 spiro atoms. The van der Waals surface area contributed by atoms with Gasteiger partial charge in [0.25, 0.3) is 5.91 Å². The van der Waals surface area contributed by atoms with Crippen LogP contribution in [0.5, 0.6) is 5.75 Å². The van der Waals surface area contributed by atoms with Crippen molar-refractivity contribution in [3.05, 3.63) is 52.3 Å². The number of methoxy groups -OCH3 is 1. The molecule has 1 atom stereocenters. The molecule has 4 heterocycles. The number of pyridine rings is 1. The first-order valence-electron chi connectivity index (χ1n) is 11.2. The lowest BCUT2D eigenvalue weighted by Gasteiger charge is -2.34. The van der Waals surface area contributed by atoms with E-state index in [0.717, 1.165) is 25.1 Å². The monoisotopic (exact) mass is 458 g/mol. The lowest BCUT2D eigenvalue weighted by atomic mass is 10.2. The molecule has 0 unspecified atom stereocenters. The molecule has 0 aliphatic carbocycles. The maximum Gasteiger partial charge on any atom is 0.289 e. The number of ether oxygens (including phenoxy) is 2. The van der Waals surface area contributed by atoms with Gasteiger partial charge in [-0.05, 0) is 25.0 Å². The van der Waals surface area contributed by atoms with Crippen LogP contribution in [0.2, 0.25) is 0 Å². The summed E-state index contributed by atoms with van der Waals surface area (Å²) in [5, 5.41) is 2.92. The van der Waals surface area contributed by atoms with Crippen LogP contribution in [0.3, 0.4) is 0 Å². The molecule has 0 bridgehead atoms. The van der Waals surface area contributed by atoms with Gasteiger partial charge in [-0.2, -0.15) is 0 Å². The number of aromatic nitrogens is 1. The Morgan fingerprint density at radius 3 is 2.73 bits per heavy atom. The second kappa shape index (κ2) is 10.7. The minimum absolute atomic E-state index is 0.0668. The number of hydrogen-bond acceptors (Lipinski definition) is 7. The van der Waals surface area contributed by atoms with Gasteiger partial charge in [0.05, 0.1) is 25.7 Å². The summed E-state index contributed by atoms with van der Waals surface area (Å²) in [7, 11) is 1.44. The molecule has 2 aromatic heterocycles. The van der Waals surface area contributed by atoms with Gasteiger partial charge in [-0.3, -0.25) is 19.3 Å². The maximum absolute atomic E-state index is 12.6. The molecule has 178 valence electrons. The van der Waals surface area contributed by atoms with Gasteiger partial charge in [-0.1, -0.05) is 0 Å². The highest BCUT2D eigenvalue weighted by atomic mass is 16.5. The molecular formula is C23H30N4O6. The highest BCUT2D eigenvalue weighted by Gasteiger charge is 2.24. The Labute approximate surface area is 192 Å². The van der Waals surface area contributed by atoms with Crippen molar-refractivity contribution in [3.8, 4) is 5.75 Å². The Kier molecular flexibility index (Phi) is 7.46. The Hall–Kier alpha value is -3.11. The SMILES string of the molecule is COc1cn(CC(=O)NC[C@H]2CCCO2)c(CN2CCN(C(=O)c3ccco3)CC2)cc1=O. The van der Waals surface area contributed by atoms with E-state index < -0.39 is 0 Å². The van der Waals surface area contributed by atoms with Crippen LogP contribution in [0.25, 0.3) is 0 Å². The number of amides is 2. The van der Waals surface area contributed by atoms with Crippen LogP contribution in [0.4, 0.5) is 0 Å². The van der Waals surface area contributed by atoms with Crippen molar-refractivity contribution >= 4 is 11.8 Å². The number of furan rings is 1. The van der Waals surface area contributed by atoms with E-state index in [4.69, 9.17) is 13.9 Å². The zero-order chi connectivity index (χ0) is 23.2. The molecule has 33 heavy (non-hydrogen) atoms. The molecule has 1 N–H and O–H groups in total. The van der Waals surface area contributed by atoms with Crippen molar-refractivity contribution in [2.45, 2.75) is 32.0 Å². The Morgan fingerprint density at radius 2 is 2.06 bits per heavy atom. The first-order chi connectivity index (χ1) is 16.0.